The van der Waals surface area contributed by atoms with Crippen molar-refractivity contribution < 1.29 is 23.1 Å². The number of carbonyl (C=O) groups excluding carboxylic acids is 1. The van der Waals surface area contributed by atoms with E-state index in [0.29, 0.717) is 19.4 Å². The number of rotatable bonds is 13. The van der Waals surface area contributed by atoms with Gasteiger partial charge in [-0.15, -0.1) is 0 Å². The lowest BCUT2D eigenvalue weighted by atomic mass is 10.1. The first-order chi connectivity index (χ1) is 14.9. The molecule has 0 aromatic heterocycles. The normalized spacial score (nSPS) is 11.8. The maximum absolute atomic E-state index is 14.6. The Morgan fingerprint density at radius 2 is 1.65 bits per heavy atom. The number of aromatic hydroxyl groups is 1. The molecule has 0 fully saturated rings. The molecule has 31 heavy (non-hydrogen) atoms. The van der Waals surface area contributed by atoms with E-state index in [9.17, 15) is 23.1 Å². The van der Waals surface area contributed by atoms with E-state index in [0.717, 1.165) is 24.8 Å². The van der Waals surface area contributed by atoms with Crippen LogP contribution in [0.2, 0.25) is 0 Å². The molecule has 0 aliphatic rings. The molecule has 0 radical (unpaired) electrons. The quantitative estimate of drug-likeness (QED) is 0.239. The second-order valence-electron chi connectivity index (χ2n) is 7.51. The van der Waals surface area contributed by atoms with Crippen molar-refractivity contribution >= 4 is 23.0 Å². The van der Waals surface area contributed by atoms with Crippen molar-refractivity contribution in [2.24, 2.45) is 0 Å². The number of phenols is 1. The Hall–Kier alpha value is -2.90. The smallest absolute Gasteiger partial charge is 0.224 e. The molecule has 2 rings (SSSR count). The Kier molecular flexibility index (Phi) is 10.00. The van der Waals surface area contributed by atoms with E-state index >= 15 is 0 Å². The minimum Gasteiger partial charge on any atom is -0.508 e. The molecule has 1 amide bonds. The maximum atomic E-state index is 14.6. The number of alkyl halides is 2. The van der Waals surface area contributed by atoms with Crippen LogP contribution < -0.4 is 16.4 Å². The average molecular weight is 438 g/mol. The van der Waals surface area contributed by atoms with E-state index < -0.39 is 18.7 Å². The molecule has 5 N–H and O–H groups in total. The summed E-state index contributed by atoms with van der Waals surface area (Å²) in [5.41, 5.74) is 7.00. The predicted molar refractivity (Wildman–Crippen MR) is 118 cm³/mol. The minimum atomic E-state index is -1.37. The van der Waals surface area contributed by atoms with Gasteiger partial charge < -0.3 is 21.5 Å². The third kappa shape index (κ3) is 8.39. The van der Waals surface area contributed by atoms with Crippen molar-refractivity contribution in [1.82, 2.24) is 0 Å². The third-order valence-electron chi connectivity index (χ3n) is 4.96. The van der Waals surface area contributed by atoms with Crippen molar-refractivity contribution in [1.29, 1.82) is 0 Å². The first-order valence-corrected chi connectivity index (χ1v) is 10.5. The molecule has 2 aromatic rings. The molecular formula is C23H30F3N3O2. The van der Waals surface area contributed by atoms with Gasteiger partial charge in [0, 0.05) is 13.0 Å². The fourth-order valence-corrected chi connectivity index (χ4v) is 3.12. The molecule has 0 unspecified atom stereocenters. The molecule has 2 aromatic carbocycles. The number of nitrogens with two attached hydrogens (primary N) is 1. The topological polar surface area (TPSA) is 87.4 Å². The van der Waals surface area contributed by atoms with E-state index in [1.807, 2.05) is 0 Å². The van der Waals surface area contributed by atoms with Crippen LogP contribution in [0.25, 0.3) is 0 Å². The molecule has 5 nitrogen and oxygen atoms in total. The molecule has 0 spiro atoms. The fraction of sp³-hybridized carbons (Fsp3) is 0.435. The summed E-state index contributed by atoms with van der Waals surface area (Å²) >= 11 is 0. The number of benzene rings is 2. The molecule has 170 valence electrons. The van der Waals surface area contributed by atoms with Crippen LogP contribution in [-0.4, -0.2) is 23.9 Å². The maximum Gasteiger partial charge on any atom is 0.224 e. The second-order valence-corrected chi connectivity index (χ2v) is 7.51. The minimum absolute atomic E-state index is 0.141. The highest BCUT2D eigenvalue weighted by Gasteiger charge is 2.13. The summed E-state index contributed by atoms with van der Waals surface area (Å²) in [7, 11) is 0. The third-order valence-corrected chi connectivity index (χ3v) is 4.96. The number of carbonyl (C=O) groups is 1. The van der Waals surface area contributed by atoms with Gasteiger partial charge in [0.1, 0.15) is 18.6 Å². The number of anilines is 3. The zero-order chi connectivity index (χ0) is 22.6. The SMILES string of the molecule is Nc1c(NC(=O)CCCCCCC[C@@H](F)CF)ccc(NCc2ccc(O)cc2)c1F. The van der Waals surface area contributed by atoms with Crippen molar-refractivity contribution in [3.8, 4) is 5.75 Å². The van der Waals surface area contributed by atoms with Gasteiger partial charge in [-0.05, 0) is 42.7 Å². The second kappa shape index (κ2) is 12.7. The summed E-state index contributed by atoms with van der Waals surface area (Å²) in [6.07, 6.45) is 2.90. The summed E-state index contributed by atoms with van der Waals surface area (Å²) in [5, 5.41) is 14.9. The predicted octanol–water partition coefficient (Wildman–Crippen LogP) is 5.70. The van der Waals surface area contributed by atoms with Crippen LogP contribution in [0.5, 0.6) is 5.75 Å². The van der Waals surface area contributed by atoms with Crippen LogP contribution in [0.1, 0.15) is 50.5 Å². The summed E-state index contributed by atoms with van der Waals surface area (Å²) < 4.78 is 39.3. The van der Waals surface area contributed by atoms with E-state index in [1.54, 1.807) is 30.3 Å². The monoisotopic (exact) mass is 437 g/mol. The number of phenolic OH excluding ortho intramolecular Hbond substituents is 1. The van der Waals surface area contributed by atoms with Crippen LogP contribution in [0.15, 0.2) is 36.4 Å². The van der Waals surface area contributed by atoms with Crippen molar-refractivity contribution in [3.63, 3.8) is 0 Å². The fourth-order valence-electron chi connectivity index (χ4n) is 3.12. The van der Waals surface area contributed by atoms with Gasteiger partial charge in [-0.2, -0.15) is 0 Å². The van der Waals surface area contributed by atoms with Gasteiger partial charge in [0.25, 0.3) is 0 Å². The lowest BCUT2D eigenvalue weighted by molar-refractivity contribution is -0.116. The lowest BCUT2D eigenvalue weighted by Crippen LogP contribution is -2.14. The molecule has 0 heterocycles. The van der Waals surface area contributed by atoms with Gasteiger partial charge in [-0.1, -0.05) is 37.8 Å². The lowest BCUT2D eigenvalue weighted by Gasteiger charge is -2.13. The van der Waals surface area contributed by atoms with Crippen LogP contribution in [0.3, 0.4) is 0 Å². The standard InChI is InChI=1S/C23H30F3N3O2/c24-14-17(25)6-4-2-1-3-5-7-21(31)29-20-13-12-19(22(26)23(20)27)28-15-16-8-10-18(30)11-9-16/h8-13,17,28,30H,1-7,14-15,27H2,(H,29,31)/t17-/m1/s1. The Bertz CT molecular complexity index is 832. The van der Waals surface area contributed by atoms with Gasteiger partial charge in [-0.3, -0.25) is 4.79 Å². The first kappa shape index (κ1) is 24.4. The van der Waals surface area contributed by atoms with Gasteiger partial charge in [0.2, 0.25) is 5.91 Å². The Labute approximate surface area is 180 Å². The molecule has 0 saturated heterocycles. The number of amides is 1. The van der Waals surface area contributed by atoms with Crippen LogP contribution in [0, 0.1) is 5.82 Å². The van der Waals surface area contributed by atoms with E-state index in [4.69, 9.17) is 5.73 Å². The number of hydrogen-bond acceptors (Lipinski definition) is 4. The zero-order valence-electron chi connectivity index (χ0n) is 17.5. The molecule has 0 saturated carbocycles. The Morgan fingerprint density at radius 1 is 1.00 bits per heavy atom. The highest BCUT2D eigenvalue weighted by Crippen LogP contribution is 2.28. The molecule has 1 atom stereocenters. The van der Waals surface area contributed by atoms with Gasteiger partial charge in [0.05, 0.1) is 17.1 Å². The zero-order valence-corrected chi connectivity index (χ0v) is 17.5. The number of unbranched alkanes of at least 4 members (excludes halogenated alkanes) is 4. The van der Waals surface area contributed by atoms with Crippen molar-refractivity contribution in [2.75, 3.05) is 23.0 Å². The highest BCUT2D eigenvalue weighted by molar-refractivity contribution is 5.94. The summed E-state index contributed by atoms with van der Waals surface area (Å²) in [6, 6.07) is 9.60. The molecule has 0 aliphatic heterocycles. The van der Waals surface area contributed by atoms with Crippen molar-refractivity contribution in [3.05, 3.63) is 47.8 Å². The number of hydrogen-bond donors (Lipinski definition) is 4. The molecule has 0 aliphatic carbocycles. The van der Waals surface area contributed by atoms with E-state index in [1.165, 1.54) is 6.07 Å². The van der Waals surface area contributed by atoms with Crippen LogP contribution in [-0.2, 0) is 11.3 Å². The Balaban J connectivity index is 1.74. The van der Waals surface area contributed by atoms with Gasteiger partial charge >= 0.3 is 0 Å². The Morgan fingerprint density at radius 3 is 2.35 bits per heavy atom. The summed E-state index contributed by atoms with van der Waals surface area (Å²) in [6.45, 7) is -0.582. The van der Waals surface area contributed by atoms with Crippen LogP contribution in [0.4, 0.5) is 30.2 Å². The van der Waals surface area contributed by atoms with Gasteiger partial charge in [0.15, 0.2) is 5.82 Å². The molecule has 0 bridgehead atoms. The number of halogens is 3. The van der Waals surface area contributed by atoms with Crippen molar-refractivity contribution in [2.45, 2.75) is 57.7 Å². The molecular weight excluding hydrogens is 407 g/mol. The van der Waals surface area contributed by atoms with E-state index in [2.05, 4.69) is 10.6 Å². The number of nitrogen functional groups attached to an aromatic ring is 1. The number of nitrogens with one attached hydrogen (secondary N) is 2. The van der Waals surface area contributed by atoms with Crippen LogP contribution >= 0.6 is 0 Å². The average Bonchev–Trinajstić information content (AvgIpc) is 2.76. The molecule has 8 heteroatoms. The van der Waals surface area contributed by atoms with Gasteiger partial charge in [-0.25, -0.2) is 13.2 Å². The largest absolute Gasteiger partial charge is 0.508 e. The summed E-state index contributed by atoms with van der Waals surface area (Å²) in [5.74, 6) is -0.740. The summed E-state index contributed by atoms with van der Waals surface area (Å²) in [4.78, 5) is 12.1. The highest BCUT2D eigenvalue weighted by atomic mass is 19.2. The first-order valence-electron chi connectivity index (χ1n) is 10.5. The van der Waals surface area contributed by atoms with E-state index in [-0.39, 0.29) is 41.6 Å².